The first-order valence-corrected chi connectivity index (χ1v) is 8.39. The number of non-ortho nitro benzene ring substituents is 1. The maximum atomic E-state index is 12.1. The lowest BCUT2D eigenvalue weighted by Crippen LogP contribution is -2.11. The molecule has 0 unspecified atom stereocenters. The molecule has 0 aliphatic rings. The van der Waals surface area contributed by atoms with Gasteiger partial charge in [0, 0.05) is 16.6 Å². The minimum atomic E-state index is -3.84. The van der Waals surface area contributed by atoms with Crippen LogP contribution in [0.15, 0.2) is 39.0 Å². The van der Waals surface area contributed by atoms with Crippen molar-refractivity contribution in [2.75, 3.05) is 4.72 Å². The number of hydrogen-bond donors (Lipinski definition) is 1. The summed E-state index contributed by atoms with van der Waals surface area (Å²) in [5.74, 6) is 0. The smallest absolute Gasteiger partial charge is 0.271 e. The minimum absolute atomic E-state index is 0.00990. The molecule has 0 saturated heterocycles. The number of nitrogens with zero attached hydrogens (tertiary/aromatic N) is 2. The zero-order chi connectivity index (χ0) is 15.6. The fraction of sp³-hybridized carbons (Fsp3) is 0. The summed E-state index contributed by atoms with van der Waals surface area (Å²) < 4.78 is 26.8. The molecule has 0 fully saturated rings. The molecule has 10 heteroatoms. The van der Waals surface area contributed by atoms with Crippen LogP contribution in [0.3, 0.4) is 0 Å². The van der Waals surface area contributed by atoms with E-state index in [-0.39, 0.29) is 24.9 Å². The first-order chi connectivity index (χ1) is 9.83. The Labute approximate surface area is 132 Å². The van der Waals surface area contributed by atoms with Crippen molar-refractivity contribution in [2.45, 2.75) is 4.21 Å². The van der Waals surface area contributed by atoms with Crippen LogP contribution in [-0.2, 0) is 10.0 Å². The average Bonchev–Trinajstić information content (AvgIpc) is 2.90. The molecule has 0 saturated carbocycles. The average molecular weight is 388 g/mol. The second-order valence-corrected chi connectivity index (χ2v) is 7.60. The normalized spacial score (nSPS) is 10.9. The molecule has 0 bridgehead atoms. The molecule has 0 aliphatic heterocycles. The Morgan fingerprint density at radius 1 is 1.33 bits per heavy atom. The highest BCUT2D eigenvalue weighted by molar-refractivity contribution is 9.10. The number of anilines is 1. The predicted molar refractivity (Wildman–Crippen MR) is 80.6 cm³/mol. The molecule has 0 radical (unpaired) electrons. The van der Waals surface area contributed by atoms with Gasteiger partial charge in [0.2, 0.25) is 0 Å². The minimum Gasteiger partial charge on any atom is -0.278 e. The van der Waals surface area contributed by atoms with Gasteiger partial charge in [-0.1, -0.05) is 0 Å². The predicted octanol–water partition coefficient (Wildman–Crippen LogP) is 3.09. The van der Waals surface area contributed by atoms with Crippen molar-refractivity contribution in [2.24, 2.45) is 0 Å². The van der Waals surface area contributed by atoms with E-state index >= 15 is 0 Å². The number of sulfonamides is 1. The topological polar surface area (TPSA) is 113 Å². The molecule has 1 aromatic carbocycles. The summed E-state index contributed by atoms with van der Waals surface area (Å²) in [7, 11) is -3.84. The highest BCUT2D eigenvalue weighted by Gasteiger charge is 2.19. The van der Waals surface area contributed by atoms with Gasteiger partial charge >= 0.3 is 0 Å². The number of nitro groups is 1. The SMILES string of the molecule is N#Cc1ccc(S(=O)(=O)Nc2ccc([N+](=O)[O-])cc2Br)s1. The van der Waals surface area contributed by atoms with Crippen molar-refractivity contribution >= 4 is 48.7 Å². The number of hydrogen-bond acceptors (Lipinski definition) is 6. The highest BCUT2D eigenvalue weighted by Crippen LogP contribution is 2.30. The van der Waals surface area contributed by atoms with Crippen LogP contribution in [0, 0.1) is 21.4 Å². The van der Waals surface area contributed by atoms with E-state index in [2.05, 4.69) is 20.7 Å². The van der Waals surface area contributed by atoms with Gasteiger partial charge in [0.1, 0.15) is 15.2 Å². The lowest BCUT2D eigenvalue weighted by atomic mass is 10.3. The summed E-state index contributed by atoms with van der Waals surface area (Å²) in [6, 6.07) is 8.27. The third-order valence-corrected chi connectivity index (χ3v) is 5.87. The van der Waals surface area contributed by atoms with Gasteiger partial charge in [-0.2, -0.15) is 5.26 Å². The van der Waals surface area contributed by atoms with E-state index in [1.54, 1.807) is 0 Å². The van der Waals surface area contributed by atoms with E-state index in [1.807, 2.05) is 6.07 Å². The number of nitrogens with one attached hydrogen (secondary N) is 1. The Bertz CT molecular complexity index is 855. The van der Waals surface area contributed by atoms with Crippen LogP contribution >= 0.6 is 27.3 Å². The van der Waals surface area contributed by atoms with E-state index in [0.29, 0.717) is 0 Å². The third kappa shape index (κ3) is 3.38. The molecule has 1 aromatic heterocycles. The van der Waals surface area contributed by atoms with E-state index < -0.39 is 14.9 Å². The van der Waals surface area contributed by atoms with Crippen molar-refractivity contribution in [3.05, 3.63) is 49.8 Å². The van der Waals surface area contributed by atoms with Gasteiger partial charge in [-0.05, 0) is 34.1 Å². The Morgan fingerprint density at radius 2 is 2.05 bits per heavy atom. The molecule has 0 spiro atoms. The number of thiophene rings is 1. The van der Waals surface area contributed by atoms with Crippen LogP contribution in [0.25, 0.3) is 0 Å². The largest absolute Gasteiger partial charge is 0.278 e. The molecule has 108 valence electrons. The van der Waals surface area contributed by atoms with Gasteiger partial charge in [-0.3, -0.25) is 14.8 Å². The molecule has 7 nitrogen and oxygen atoms in total. The van der Waals surface area contributed by atoms with Crippen molar-refractivity contribution in [1.29, 1.82) is 5.26 Å². The fourth-order valence-electron chi connectivity index (χ4n) is 1.42. The number of nitro benzene ring substituents is 1. The van der Waals surface area contributed by atoms with Gasteiger partial charge in [0.25, 0.3) is 15.7 Å². The van der Waals surface area contributed by atoms with Gasteiger partial charge in [0.15, 0.2) is 0 Å². The van der Waals surface area contributed by atoms with E-state index in [0.717, 1.165) is 11.3 Å². The molecule has 0 amide bonds. The summed E-state index contributed by atoms with van der Waals surface area (Å²) in [5.41, 5.74) is 0.0141. The van der Waals surface area contributed by atoms with Crippen LogP contribution in [0.4, 0.5) is 11.4 Å². The summed E-state index contributed by atoms with van der Waals surface area (Å²) in [6.45, 7) is 0. The Morgan fingerprint density at radius 3 is 2.57 bits per heavy atom. The number of rotatable bonds is 4. The van der Waals surface area contributed by atoms with E-state index in [1.165, 1.54) is 30.3 Å². The first-order valence-electron chi connectivity index (χ1n) is 5.30. The second-order valence-electron chi connectivity index (χ2n) is 3.76. The van der Waals surface area contributed by atoms with Crippen LogP contribution in [-0.4, -0.2) is 13.3 Å². The zero-order valence-electron chi connectivity index (χ0n) is 10.1. The lowest BCUT2D eigenvalue weighted by Gasteiger charge is -2.07. The molecule has 2 aromatic rings. The number of halogens is 1. The standard InChI is InChI=1S/C11H6BrN3O4S2/c12-9-5-7(15(16)17)1-3-10(9)14-21(18,19)11-4-2-8(6-13)20-11/h1-5,14H. The molecule has 0 atom stereocenters. The summed E-state index contributed by atoms with van der Waals surface area (Å²) in [4.78, 5) is 10.3. The van der Waals surface area contributed by atoms with Crippen molar-refractivity contribution < 1.29 is 13.3 Å². The Hall–Kier alpha value is -1.96. The monoisotopic (exact) mass is 387 g/mol. The van der Waals surface area contributed by atoms with Crippen molar-refractivity contribution in [3.8, 4) is 6.07 Å². The zero-order valence-corrected chi connectivity index (χ0v) is 13.3. The Balaban J connectivity index is 2.33. The van der Waals surface area contributed by atoms with Crippen LogP contribution in [0.5, 0.6) is 0 Å². The molecule has 1 heterocycles. The molecular weight excluding hydrogens is 382 g/mol. The molecular formula is C11H6BrN3O4S2. The Kier molecular flexibility index (Phi) is 4.26. The van der Waals surface area contributed by atoms with E-state index in [9.17, 15) is 18.5 Å². The van der Waals surface area contributed by atoms with Gasteiger partial charge in [0.05, 0.1) is 10.6 Å². The number of nitriles is 1. The first kappa shape index (κ1) is 15.4. The van der Waals surface area contributed by atoms with Crippen molar-refractivity contribution in [1.82, 2.24) is 0 Å². The van der Waals surface area contributed by atoms with Gasteiger partial charge in [-0.15, -0.1) is 11.3 Å². The van der Waals surface area contributed by atoms with Crippen molar-refractivity contribution in [3.63, 3.8) is 0 Å². The van der Waals surface area contributed by atoms with Gasteiger partial charge < -0.3 is 0 Å². The second kappa shape index (κ2) is 5.80. The van der Waals surface area contributed by atoms with Crippen LogP contribution < -0.4 is 4.72 Å². The summed E-state index contributed by atoms with van der Waals surface area (Å²) >= 11 is 3.92. The van der Waals surface area contributed by atoms with Crippen LogP contribution in [0.1, 0.15) is 4.88 Å². The van der Waals surface area contributed by atoms with E-state index in [4.69, 9.17) is 5.26 Å². The maximum Gasteiger partial charge on any atom is 0.271 e. The maximum absolute atomic E-state index is 12.1. The lowest BCUT2D eigenvalue weighted by molar-refractivity contribution is -0.384. The quantitative estimate of drug-likeness (QED) is 0.639. The molecule has 21 heavy (non-hydrogen) atoms. The van der Waals surface area contributed by atoms with Gasteiger partial charge in [-0.25, -0.2) is 8.42 Å². The highest BCUT2D eigenvalue weighted by atomic mass is 79.9. The van der Waals surface area contributed by atoms with Crippen LogP contribution in [0.2, 0.25) is 0 Å². The fourth-order valence-corrected chi connectivity index (χ4v) is 4.20. The summed E-state index contributed by atoms with van der Waals surface area (Å²) in [5, 5.41) is 19.3. The molecule has 2 rings (SSSR count). The number of benzene rings is 1. The molecule has 0 aliphatic carbocycles. The summed E-state index contributed by atoms with van der Waals surface area (Å²) in [6.07, 6.45) is 0. The molecule has 1 N–H and O–H groups in total. The third-order valence-electron chi connectivity index (χ3n) is 2.36.